The van der Waals surface area contributed by atoms with Gasteiger partial charge in [0.05, 0.1) is 11.4 Å². The molecule has 2 nitrogen and oxygen atoms in total. The van der Waals surface area contributed by atoms with Crippen molar-refractivity contribution in [2.24, 2.45) is 0 Å². The van der Waals surface area contributed by atoms with Crippen LogP contribution in [0.5, 0.6) is 0 Å². The molecular weight excluding hydrogens is 469 g/mol. The van der Waals surface area contributed by atoms with Gasteiger partial charge < -0.3 is 9.80 Å². The van der Waals surface area contributed by atoms with E-state index in [1.165, 1.54) is 56.8 Å². The Balaban J connectivity index is 2.00. The lowest BCUT2D eigenvalue weighted by Crippen LogP contribution is -2.39. The minimum atomic E-state index is 0.355. The van der Waals surface area contributed by atoms with Crippen molar-refractivity contribution in [3.8, 4) is 0 Å². The third-order valence-electron chi connectivity index (χ3n) is 5.57. The Kier molecular flexibility index (Phi) is 10.9. The molecule has 1 aliphatic rings. The fraction of sp³-hybridized carbons (Fsp3) is 0.538. The molecule has 2 aromatic rings. The second kappa shape index (κ2) is 13.4. The molecule has 2 aromatic carbocycles. The van der Waals surface area contributed by atoms with E-state index < -0.39 is 0 Å². The molecule has 32 heavy (non-hydrogen) atoms. The Hall–Kier alpha value is -0.560. The average molecular weight is 507 g/mol. The first kappa shape index (κ1) is 26.1. The zero-order chi connectivity index (χ0) is 22.9. The van der Waals surface area contributed by atoms with Gasteiger partial charge in [-0.1, -0.05) is 39.8 Å². The molecule has 0 N–H and O–H groups in total. The molecule has 1 fully saturated rings. The maximum atomic E-state index is 4.91. The predicted molar refractivity (Wildman–Crippen MR) is 152 cm³/mol. The molecule has 0 aliphatic carbocycles. The zero-order valence-electron chi connectivity index (χ0n) is 20.0. The second-order valence-electron chi connectivity index (χ2n) is 8.05. The first-order valence-electron chi connectivity index (χ1n) is 12.0. The fourth-order valence-electron chi connectivity index (χ4n) is 4.21. The standard InChI is InChI=1S/C26H38N2S4/c1-5-17-30-21-12-9-11-20(29)25(21)27-15-16-28(24(27)8-4)26-22(31-18-6-2)13-10-14-23(26)32-19-7-3/h9-14,24,29H,5-8,15-19H2,1-4H3. The molecule has 176 valence electrons. The van der Waals surface area contributed by atoms with Gasteiger partial charge in [-0.05, 0) is 67.2 Å². The largest absolute Gasteiger partial charge is 0.348 e. The van der Waals surface area contributed by atoms with E-state index in [1.807, 2.05) is 35.3 Å². The van der Waals surface area contributed by atoms with Gasteiger partial charge in [-0.3, -0.25) is 0 Å². The summed E-state index contributed by atoms with van der Waals surface area (Å²) < 4.78 is 0. The Labute approximate surface area is 214 Å². The van der Waals surface area contributed by atoms with Gasteiger partial charge in [0, 0.05) is 32.7 Å². The van der Waals surface area contributed by atoms with Crippen LogP contribution in [0.3, 0.4) is 0 Å². The minimum absolute atomic E-state index is 0.355. The minimum Gasteiger partial charge on any atom is -0.348 e. The fourth-order valence-corrected chi connectivity index (χ4v) is 7.58. The van der Waals surface area contributed by atoms with Crippen molar-refractivity contribution < 1.29 is 0 Å². The zero-order valence-corrected chi connectivity index (χ0v) is 23.3. The van der Waals surface area contributed by atoms with Gasteiger partial charge >= 0.3 is 0 Å². The van der Waals surface area contributed by atoms with Crippen LogP contribution in [0.1, 0.15) is 53.4 Å². The molecule has 1 saturated heterocycles. The quantitative estimate of drug-likeness (QED) is 0.227. The van der Waals surface area contributed by atoms with E-state index in [1.54, 1.807) is 0 Å². The summed E-state index contributed by atoms with van der Waals surface area (Å²) in [5, 5.41) is 0. The molecule has 1 aliphatic heterocycles. The number of hydrogen-bond donors (Lipinski definition) is 1. The third kappa shape index (κ3) is 6.11. The van der Waals surface area contributed by atoms with E-state index in [0.717, 1.165) is 30.2 Å². The summed E-state index contributed by atoms with van der Waals surface area (Å²) in [5.74, 6) is 3.48. The predicted octanol–water partition coefficient (Wildman–Crippen LogP) is 8.54. The highest BCUT2D eigenvalue weighted by molar-refractivity contribution is 8.00. The molecule has 0 saturated carbocycles. The maximum absolute atomic E-state index is 4.91. The first-order valence-corrected chi connectivity index (χ1v) is 15.4. The van der Waals surface area contributed by atoms with Gasteiger partial charge in [-0.2, -0.15) is 0 Å². The number of anilines is 2. The van der Waals surface area contributed by atoms with Gasteiger partial charge in [0.15, 0.2) is 0 Å². The highest BCUT2D eigenvalue weighted by atomic mass is 32.2. The van der Waals surface area contributed by atoms with Crippen LogP contribution in [0.15, 0.2) is 56.0 Å². The summed E-state index contributed by atoms with van der Waals surface area (Å²) in [7, 11) is 0. The second-order valence-corrected chi connectivity index (χ2v) is 11.9. The number of thioether (sulfide) groups is 3. The lowest BCUT2D eigenvalue weighted by atomic mass is 10.2. The topological polar surface area (TPSA) is 6.48 Å². The Morgan fingerprint density at radius 3 is 1.62 bits per heavy atom. The van der Waals surface area contributed by atoms with Gasteiger partial charge in [-0.25, -0.2) is 0 Å². The molecular formula is C26H38N2S4. The number of nitrogens with zero attached hydrogens (tertiary/aromatic N) is 2. The van der Waals surface area contributed by atoms with Gasteiger partial charge in [0.25, 0.3) is 0 Å². The van der Waals surface area contributed by atoms with E-state index in [2.05, 4.69) is 73.9 Å². The smallest absolute Gasteiger partial charge is 0.102 e. The van der Waals surface area contributed by atoms with Crippen LogP contribution in [0.2, 0.25) is 0 Å². The summed E-state index contributed by atoms with van der Waals surface area (Å²) in [4.78, 5) is 10.6. The van der Waals surface area contributed by atoms with Crippen molar-refractivity contribution in [2.75, 3.05) is 40.1 Å². The monoisotopic (exact) mass is 506 g/mol. The first-order chi connectivity index (χ1) is 15.7. The van der Waals surface area contributed by atoms with Crippen LogP contribution in [0, 0.1) is 0 Å². The molecule has 1 atom stereocenters. The van der Waals surface area contributed by atoms with Crippen LogP contribution < -0.4 is 9.80 Å². The maximum Gasteiger partial charge on any atom is 0.102 e. The molecule has 0 spiro atoms. The summed E-state index contributed by atoms with van der Waals surface area (Å²) in [6, 6.07) is 13.5. The van der Waals surface area contributed by atoms with Crippen molar-refractivity contribution in [2.45, 2.75) is 79.1 Å². The summed E-state index contributed by atoms with van der Waals surface area (Å²) in [5.41, 5.74) is 2.78. The van der Waals surface area contributed by atoms with Gasteiger partial charge in [0.2, 0.25) is 0 Å². The van der Waals surface area contributed by atoms with Crippen molar-refractivity contribution >= 4 is 59.3 Å². The Morgan fingerprint density at radius 2 is 1.16 bits per heavy atom. The van der Waals surface area contributed by atoms with Crippen LogP contribution in [0.25, 0.3) is 0 Å². The highest BCUT2D eigenvalue weighted by Gasteiger charge is 2.35. The van der Waals surface area contributed by atoms with Crippen LogP contribution in [-0.4, -0.2) is 36.5 Å². The molecule has 1 unspecified atom stereocenters. The van der Waals surface area contributed by atoms with Crippen molar-refractivity contribution in [1.82, 2.24) is 0 Å². The lowest BCUT2D eigenvalue weighted by Gasteiger charge is -2.35. The molecule has 3 rings (SSSR count). The number of para-hydroxylation sites is 2. The van der Waals surface area contributed by atoms with E-state index in [4.69, 9.17) is 12.6 Å². The van der Waals surface area contributed by atoms with Crippen LogP contribution >= 0.6 is 47.9 Å². The molecule has 0 aromatic heterocycles. The van der Waals surface area contributed by atoms with Crippen molar-refractivity contribution in [1.29, 1.82) is 0 Å². The normalized spacial score (nSPS) is 16.2. The van der Waals surface area contributed by atoms with Gasteiger partial charge in [0.1, 0.15) is 6.17 Å². The van der Waals surface area contributed by atoms with E-state index in [-0.39, 0.29) is 0 Å². The number of benzene rings is 2. The lowest BCUT2D eigenvalue weighted by molar-refractivity contribution is 0.633. The van der Waals surface area contributed by atoms with E-state index >= 15 is 0 Å². The number of hydrogen-bond acceptors (Lipinski definition) is 6. The summed E-state index contributed by atoms with van der Waals surface area (Å²) in [6.45, 7) is 11.2. The molecule has 0 radical (unpaired) electrons. The summed E-state index contributed by atoms with van der Waals surface area (Å²) >= 11 is 10.9. The van der Waals surface area contributed by atoms with Crippen molar-refractivity contribution in [3.05, 3.63) is 36.4 Å². The molecule has 0 amide bonds. The molecule has 1 heterocycles. The van der Waals surface area contributed by atoms with E-state index in [9.17, 15) is 0 Å². The van der Waals surface area contributed by atoms with Crippen molar-refractivity contribution in [3.63, 3.8) is 0 Å². The van der Waals surface area contributed by atoms with Crippen LogP contribution in [0.4, 0.5) is 11.4 Å². The van der Waals surface area contributed by atoms with Crippen LogP contribution in [-0.2, 0) is 0 Å². The van der Waals surface area contributed by atoms with Gasteiger partial charge in [-0.15, -0.1) is 47.9 Å². The molecule has 6 heteroatoms. The Bertz CT molecular complexity index is 831. The highest BCUT2D eigenvalue weighted by Crippen LogP contribution is 2.45. The summed E-state index contributed by atoms with van der Waals surface area (Å²) in [6.07, 6.45) is 5.03. The number of rotatable bonds is 12. The molecule has 0 bridgehead atoms. The van der Waals surface area contributed by atoms with E-state index in [0.29, 0.717) is 6.17 Å². The SMILES string of the molecule is CCCSc1cccc(S)c1N1CCN(c2c(SCCC)cccc2SCCC)C1CC. The Morgan fingerprint density at radius 1 is 0.719 bits per heavy atom. The third-order valence-corrected chi connectivity index (χ3v) is 9.68. The average Bonchev–Trinajstić information content (AvgIpc) is 3.22. The number of thiol groups is 1.